The summed E-state index contributed by atoms with van der Waals surface area (Å²) in [5.41, 5.74) is 10.5. The molecule has 0 fully saturated rings. The van der Waals surface area contributed by atoms with Crippen molar-refractivity contribution in [1.82, 2.24) is 0 Å². The van der Waals surface area contributed by atoms with Crippen molar-refractivity contribution in [3.8, 4) is 0 Å². The van der Waals surface area contributed by atoms with Gasteiger partial charge in [-0.3, -0.25) is 0 Å². The fraction of sp³-hybridized carbons (Fsp3) is 0.250. The Morgan fingerprint density at radius 2 is 1.47 bits per heavy atom. The second kappa shape index (κ2) is 6.74. The maximum atomic E-state index is 5.74. The highest BCUT2D eigenvalue weighted by molar-refractivity contribution is 5.42. The number of nitrogens with two attached hydrogens (primary N) is 1. The lowest BCUT2D eigenvalue weighted by Gasteiger charge is -2.03. The topological polar surface area (TPSA) is 26.0 Å². The van der Waals surface area contributed by atoms with Gasteiger partial charge in [0, 0.05) is 5.69 Å². The molecule has 0 saturated heterocycles. The van der Waals surface area contributed by atoms with Crippen molar-refractivity contribution < 1.29 is 0 Å². The summed E-state index contributed by atoms with van der Waals surface area (Å²) in [5, 5.41) is 0. The Hall–Kier alpha value is -1.76. The number of anilines is 1. The summed E-state index contributed by atoms with van der Waals surface area (Å²) in [6.45, 7) is 6.11. The van der Waals surface area contributed by atoms with Gasteiger partial charge in [0.25, 0.3) is 0 Å². The van der Waals surface area contributed by atoms with Crippen LogP contribution in [0, 0.1) is 6.92 Å². The van der Waals surface area contributed by atoms with Crippen LogP contribution in [0.3, 0.4) is 0 Å². The van der Waals surface area contributed by atoms with Crippen molar-refractivity contribution in [2.45, 2.75) is 27.2 Å². The number of hydrogen-bond acceptors (Lipinski definition) is 1. The predicted octanol–water partition coefficient (Wildman–Crippen LogP) is 4.19. The Labute approximate surface area is 104 Å². The van der Waals surface area contributed by atoms with Gasteiger partial charge in [0.1, 0.15) is 0 Å². The first-order valence-corrected chi connectivity index (χ1v) is 6.14. The molecule has 0 unspecified atom stereocenters. The quantitative estimate of drug-likeness (QED) is 0.765. The van der Waals surface area contributed by atoms with E-state index in [-0.39, 0.29) is 0 Å². The van der Waals surface area contributed by atoms with Crippen LogP contribution < -0.4 is 5.73 Å². The zero-order valence-electron chi connectivity index (χ0n) is 10.9. The van der Waals surface area contributed by atoms with Crippen LogP contribution in [-0.4, -0.2) is 0 Å². The number of nitrogen functional groups attached to an aromatic ring is 1. The number of benzene rings is 2. The molecule has 0 heterocycles. The molecular weight excluding hydrogens is 206 g/mol. The van der Waals surface area contributed by atoms with Gasteiger partial charge in [-0.15, -0.1) is 0 Å². The van der Waals surface area contributed by atoms with Gasteiger partial charge >= 0.3 is 0 Å². The summed E-state index contributed by atoms with van der Waals surface area (Å²) in [7, 11) is 0. The van der Waals surface area contributed by atoms with Gasteiger partial charge in [0.2, 0.25) is 0 Å². The van der Waals surface area contributed by atoms with Crippen molar-refractivity contribution in [2.24, 2.45) is 0 Å². The smallest absolute Gasteiger partial charge is 0.0316 e. The third kappa shape index (κ3) is 4.31. The Kier molecular flexibility index (Phi) is 5.28. The largest absolute Gasteiger partial charge is 0.399 e. The van der Waals surface area contributed by atoms with Crippen molar-refractivity contribution in [1.29, 1.82) is 0 Å². The normalized spacial score (nSPS) is 9.35. The van der Waals surface area contributed by atoms with E-state index in [4.69, 9.17) is 5.73 Å². The minimum atomic E-state index is 0.833. The van der Waals surface area contributed by atoms with Gasteiger partial charge in [0.05, 0.1) is 0 Å². The van der Waals surface area contributed by atoms with Gasteiger partial charge in [-0.25, -0.2) is 0 Å². The molecule has 0 saturated carbocycles. The summed E-state index contributed by atoms with van der Waals surface area (Å²) >= 11 is 0. The number of rotatable bonds is 2. The molecule has 0 atom stereocenters. The fourth-order valence-corrected chi connectivity index (χ4v) is 1.76. The van der Waals surface area contributed by atoms with Gasteiger partial charge < -0.3 is 5.73 Å². The SMILES string of the molecule is CC.Cc1cccc(Cc2cccc(N)c2)c1. The van der Waals surface area contributed by atoms with Crippen molar-refractivity contribution in [2.75, 3.05) is 5.73 Å². The third-order valence-corrected chi connectivity index (χ3v) is 2.44. The molecule has 0 aliphatic carbocycles. The van der Waals surface area contributed by atoms with E-state index >= 15 is 0 Å². The monoisotopic (exact) mass is 227 g/mol. The molecule has 17 heavy (non-hydrogen) atoms. The summed E-state index contributed by atoms with van der Waals surface area (Å²) in [5.74, 6) is 0. The maximum Gasteiger partial charge on any atom is 0.0316 e. The van der Waals surface area contributed by atoms with E-state index in [1.54, 1.807) is 0 Å². The molecule has 90 valence electrons. The molecule has 0 amide bonds. The average molecular weight is 227 g/mol. The van der Waals surface area contributed by atoms with E-state index in [9.17, 15) is 0 Å². The molecule has 2 aromatic carbocycles. The second-order valence-corrected chi connectivity index (χ2v) is 3.91. The highest BCUT2D eigenvalue weighted by Crippen LogP contribution is 2.13. The summed E-state index contributed by atoms with van der Waals surface area (Å²) < 4.78 is 0. The fourth-order valence-electron chi connectivity index (χ4n) is 1.76. The van der Waals surface area contributed by atoms with Crippen LogP contribution in [-0.2, 0) is 6.42 Å². The van der Waals surface area contributed by atoms with Crippen molar-refractivity contribution >= 4 is 5.69 Å². The highest BCUT2D eigenvalue weighted by atomic mass is 14.5. The van der Waals surface area contributed by atoms with E-state index in [0.717, 1.165) is 12.1 Å². The third-order valence-electron chi connectivity index (χ3n) is 2.44. The van der Waals surface area contributed by atoms with E-state index < -0.39 is 0 Å². The minimum absolute atomic E-state index is 0.833. The number of hydrogen-bond donors (Lipinski definition) is 1. The van der Waals surface area contributed by atoms with Crippen LogP contribution in [0.15, 0.2) is 48.5 Å². The molecule has 1 heteroatoms. The van der Waals surface area contributed by atoms with Crippen molar-refractivity contribution in [3.05, 3.63) is 65.2 Å². The van der Waals surface area contributed by atoms with Crippen LogP contribution in [0.1, 0.15) is 30.5 Å². The van der Waals surface area contributed by atoms with Gasteiger partial charge in [-0.05, 0) is 36.6 Å². The molecule has 2 rings (SSSR count). The lowest BCUT2D eigenvalue weighted by atomic mass is 10.0. The first-order chi connectivity index (χ1) is 8.24. The molecule has 0 aliphatic rings. The average Bonchev–Trinajstić information content (AvgIpc) is 2.31. The molecule has 0 aliphatic heterocycles. The van der Waals surface area contributed by atoms with E-state index in [1.165, 1.54) is 16.7 Å². The number of aryl methyl sites for hydroxylation is 1. The Morgan fingerprint density at radius 1 is 0.882 bits per heavy atom. The predicted molar refractivity (Wildman–Crippen MR) is 76.2 cm³/mol. The van der Waals surface area contributed by atoms with Crippen LogP contribution in [0.25, 0.3) is 0 Å². The molecule has 0 spiro atoms. The van der Waals surface area contributed by atoms with Gasteiger partial charge in [-0.2, -0.15) is 0 Å². The summed E-state index contributed by atoms with van der Waals surface area (Å²) in [6.07, 6.45) is 0.951. The maximum absolute atomic E-state index is 5.74. The van der Waals surface area contributed by atoms with Crippen molar-refractivity contribution in [3.63, 3.8) is 0 Å². The van der Waals surface area contributed by atoms with Crippen LogP contribution >= 0.6 is 0 Å². The molecular formula is C16H21N. The van der Waals surface area contributed by atoms with Gasteiger partial charge in [-0.1, -0.05) is 55.8 Å². The molecule has 2 N–H and O–H groups in total. The van der Waals surface area contributed by atoms with E-state index in [0.29, 0.717) is 0 Å². The first kappa shape index (κ1) is 13.3. The van der Waals surface area contributed by atoms with E-state index in [1.807, 2.05) is 32.0 Å². The standard InChI is InChI=1S/C14H15N.C2H6/c1-11-4-2-5-12(8-11)9-13-6-3-7-14(15)10-13;1-2/h2-8,10H,9,15H2,1H3;1-2H3. The summed E-state index contributed by atoms with van der Waals surface area (Å²) in [6, 6.07) is 16.6. The van der Waals surface area contributed by atoms with Crippen LogP contribution in [0.2, 0.25) is 0 Å². The van der Waals surface area contributed by atoms with E-state index in [2.05, 4.69) is 37.3 Å². The second-order valence-electron chi connectivity index (χ2n) is 3.91. The Morgan fingerprint density at radius 3 is 2.06 bits per heavy atom. The molecule has 1 nitrogen and oxygen atoms in total. The Bertz CT molecular complexity index is 417. The summed E-state index contributed by atoms with van der Waals surface area (Å²) in [4.78, 5) is 0. The van der Waals surface area contributed by atoms with Gasteiger partial charge in [0.15, 0.2) is 0 Å². The zero-order chi connectivity index (χ0) is 12.7. The lowest BCUT2D eigenvalue weighted by molar-refractivity contribution is 1.18. The zero-order valence-corrected chi connectivity index (χ0v) is 10.9. The molecule has 2 aromatic rings. The molecule has 0 radical (unpaired) electrons. The van der Waals surface area contributed by atoms with Crippen LogP contribution in [0.4, 0.5) is 5.69 Å². The lowest BCUT2D eigenvalue weighted by Crippen LogP contribution is -1.91. The molecule has 0 aromatic heterocycles. The highest BCUT2D eigenvalue weighted by Gasteiger charge is 1.96. The minimum Gasteiger partial charge on any atom is -0.399 e. The Balaban J connectivity index is 0.000000686. The van der Waals surface area contributed by atoms with Crippen LogP contribution in [0.5, 0.6) is 0 Å². The first-order valence-electron chi connectivity index (χ1n) is 6.14. The molecule has 0 bridgehead atoms.